The molecule has 0 radical (unpaired) electrons. The minimum atomic E-state index is -0.432. The highest BCUT2D eigenvalue weighted by Gasteiger charge is 2.30. The number of hydrogen-bond acceptors (Lipinski definition) is 3. The number of carbonyl (C=O) groups excluding carboxylic acids is 1. The largest absolute Gasteiger partial charge is 0.444 e. The minimum Gasteiger partial charge on any atom is -0.444 e. The van der Waals surface area contributed by atoms with Crippen molar-refractivity contribution < 1.29 is 9.53 Å². The van der Waals surface area contributed by atoms with E-state index >= 15 is 0 Å². The second kappa shape index (κ2) is 5.75. The molecule has 1 fully saturated rings. The fourth-order valence-electron chi connectivity index (χ4n) is 3.23. The zero-order chi connectivity index (χ0) is 15.7. The lowest BCUT2D eigenvalue weighted by molar-refractivity contribution is 0.0182. The van der Waals surface area contributed by atoms with Gasteiger partial charge in [-0.2, -0.15) is 0 Å². The molecule has 1 unspecified atom stereocenters. The number of amides is 1. The summed E-state index contributed by atoms with van der Waals surface area (Å²) in [5.41, 5.74) is 3.57. The second-order valence-corrected chi connectivity index (χ2v) is 7.24. The smallest absolute Gasteiger partial charge is 0.410 e. The third-order valence-electron chi connectivity index (χ3n) is 4.28. The molecule has 2 heterocycles. The molecule has 4 nitrogen and oxygen atoms in total. The molecule has 0 bridgehead atoms. The van der Waals surface area contributed by atoms with Crippen LogP contribution in [0.4, 0.5) is 4.79 Å². The molecule has 1 aromatic rings. The predicted molar refractivity (Wildman–Crippen MR) is 86.4 cm³/mol. The van der Waals surface area contributed by atoms with Crippen molar-refractivity contribution in [2.45, 2.75) is 45.6 Å². The Morgan fingerprint density at radius 3 is 2.95 bits per heavy atom. The lowest BCUT2D eigenvalue weighted by Gasteiger charge is -2.34. The van der Waals surface area contributed by atoms with Crippen LogP contribution in [-0.2, 0) is 11.2 Å². The molecule has 1 aliphatic carbocycles. The van der Waals surface area contributed by atoms with Crippen molar-refractivity contribution in [2.24, 2.45) is 5.92 Å². The molecule has 3 rings (SSSR count). The Bertz CT molecular complexity index is 601. The number of piperidine rings is 1. The second-order valence-electron chi connectivity index (χ2n) is 7.24. The van der Waals surface area contributed by atoms with Gasteiger partial charge in [-0.1, -0.05) is 11.6 Å². The highest BCUT2D eigenvalue weighted by Crippen LogP contribution is 2.33. The van der Waals surface area contributed by atoms with E-state index in [-0.39, 0.29) is 6.09 Å². The molecule has 1 atom stereocenters. The van der Waals surface area contributed by atoms with Crippen LogP contribution in [0.2, 0.25) is 0 Å². The Morgan fingerprint density at radius 1 is 1.41 bits per heavy atom. The average molecular weight is 300 g/mol. The molecule has 1 aliphatic heterocycles. The highest BCUT2D eigenvalue weighted by atomic mass is 16.6. The van der Waals surface area contributed by atoms with Crippen LogP contribution in [0.1, 0.15) is 44.7 Å². The van der Waals surface area contributed by atoms with E-state index in [0.717, 1.165) is 32.4 Å². The normalized spacial score (nSPS) is 21.3. The molecular weight excluding hydrogens is 276 g/mol. The van der Waals surface area contributed by atoms with Crippen molar-refractivity contribution in [1.29, 1.82) is 0 Å². The van der Waals surface area contributed by atoms with Gasteiger partial charge in [-0.15, -0.1) is 0 Å². The van der Waals surface area contributed by atoms with Gasteiger partial charge in [0.2, 0.25) is 0 Å². The first-order chi connectivity index (χ1) is 10.4. The number of fused-ring (bicyclic) bond motifs is 1. The average Bonchev–Trinajstić information content (AvgIpc) is 2.89. The SMILES string of the molecule is CC(C)(C)OC(=O)N1CCCC(C2=Cc3cnccc3C2)C1. The lowest BCUT2D eigenvalue weighted by atomic mass is 9.89. The monoisotopic (exact) mass is 300 g/mol. The molecule has 4 heteroatoms. The van der Waals surface area contributed by atoms with Crippen molar-refractivity contribution in [3.8, 4) is 0 Å². The van der Waals surface area contributed by atoms with Gasteiger partial charge in [-0.3, -0.25) is 4.98 Å². The quantitative estimate of drug-likeness (QED) is 0.794. The summed E-state index contributed by atoms with van der Waals surface area (Å²) < 4.78 is 5.51. The number of pyridine rings is 1. The number of hydrogen-bond donors (Lipinski definition) is 0. The van der Waals surface area contributed by atoms with Crippen LogP contribution in [0.25, 0.3) is 6.08 Å². The number of aromatic nitrogens is 1. The molecule has 118 valence electrons. The number of likely N-dealkylation sites (tertiary alicyclic amines) is 1. The molecule has 0 aromatic carbocycles. The summed E-state index contributed by atoms with van der Waals surface area (Å²) in [6.07, 6.45) is 9.02. The van der Waals surface area contributed by atoms with E-state index in [2.05, 4.69) is 17.1 Å². The summed E-state index contributed by atoms with van der Waals surface area (Å²) in [6, 6.07) is 2.09. The van der Waals surface area contributed by atoms with Crippen LogP contribution in [0, 0.1) is 5.92 Å². The fraction of sp³-hybridized carbons (Fsp3) is 0.556. The van der Waals surface area contributed by atoms with Crippen LogP contribution in [0.5, 0.6) is 0 Å². The maximum absolute atomic E-state index is 12.3. The number of rotatable bonds is 1. The predicted octanol–water partition coefficient (Wildman–Crippen LogP) is 3.67. The molecule has 0 saturated carbocycles. The summed E-state index contributed by atoms with van der Waals surface area (Å²) >= 11 is 0. The summed E-state index contributed by atoms with van der Waals surface area (Å²) in [5, 5.41) is 0. The number of ether oxygens (including phenoxy) is 1. The standard InChI is InChI=1S/C18H24N2O2/c1-18(2,3)22-17(21)20-8-4-5-14(12-20)15-9-13-6-7-19-11-16(13)10-15/h6-7,10-11,14H,4-5,8-9,12H2,1-3H3. The molecule has 1 aromatic heterocycles. The van der Waals surface area contributed by atoms with Crippen LogP contribution in [-0.4, -0.2) is 34.7 Å². The van der Waals surface area contributed by atoms with Gasteiger partial charge >= 0.3 is 6.09 Å². The molecule has 0 N–H and O–H groups in total. The first kappa shape index (κ1) is 15.1. The molecule has 1 saturated heterocycles. The Hall–Kier alpha value is -1.84. The molecular formula is C18H24N2O2. The van der Waals surface area contributed by atoms with E-state index in [1.165, 1.54) is 16.7 Å². The van der Waals surface area contributed by atoms with Gasteiger partial charge in [-0.25, -0.2) is 4.79 Å². The van der Waals surface area contributed by atoms with Gasteiger partial charge < -0.3 is 9.64 Å². The summed E-state index contributed by atoms with van der Waals surface area (Å²) in [4.78, 5) is 18.3. The molecule has 2 aliphatic rings. The van der Waals surface area contributed by atoms with Crippen LogP contribution >= 0.6 is 0 Å². The number of nitrogens with zero attached hydrogens (tertiary/aromatic N) is 2. The molecule has 1 amide bonds. The topological polar surface area (TPSA) is 42.4 Å². The highest BCUT2D eigenvalue weighted by molar-refractivity contribution is 5.69. The van der Waals surface area contributed by atoms with E-state index in [4.69, 9.17) is 4.74 Å². The summed E-state index contributed by atoms with van der Waals surface area (Å²) in [6.45, 7) is 7.30. The van der Waals surface area contributed by atoms with Gasteiger partial charge in [0.25, 0.3) is 0 Å². The maximum atomic E-state index is 12.3. The van der Waals surface area contributed by atoms with E-state index in [9.17, 15) is 4.79 Å². The van der Waals surface area contributed by atoms with Crippen molar-refractivity contribution in [3.63, 3.8) is 0 Å². The van der Waals surface area contributed by atoms with Gasteiger partial charge in [0.05, 0.1) is 0 Å². The Labute approximate surface area is 132 Å². The Morgan fingerprint density at radius 2 is 2.23 bits per heavy atom. The Balaban J connectivity index is 1.66. The summed E-state index contributed by atoms with van der Waals surface area (Å²) in [5.74, 6) is 0.439. The lowest BCUT2D eigenvalue weighted by Crippen LogP contribution is -2.43. The minimum absolute atomic E-state index is 0.185. The zero-order valence-corrected chi connectivity index (χ0v) is 13.6. The summed E-state index contributed by atoms with van der Waals surface area (Å²) in [7, 11) is 0. The first-order valence-corrected chi connectivity index (χ1v) is 8.04. The van der Waals surface area contributed by atoms with E-state index in [1.807, 2.05) is 38.1 Å². The number of carbonyl (C=O) groups is 1. The van der Waals surface area contributed by atoms with Gasteiger partial charge in [-0.05, 0) is 63.1 Å². The van der Waals surface area contributed by atoms with E-state index < -0.39 is 5.60 Å². The molecule has 22 heavy (non-hydrogen) atoms. The van der Waals surface area contributed by atoms with E-state index in [1.54, 1.807) is 0 Å². The molecule has 0 spiro atoms. The fourth-order valence-corrected chi connectivity index (χ4v) is 3.23. The first-order valence-electron chi connectivity index (χ1n) is 8.04. The van der Waals surface area contributed by atoms with Crippen molar-refractivity contribution in [3.05, 3.63) is 35.2 Å². The van der Waals surface area contributed by atoms with Crippen molar-refractivity contribution >= 4 is 12.2 Å². The van der Waals surface area contributed by atoms with E-state index in [0.29, 0.717) is 5.92 Å². The van der Waals surface area contributed by atoms with Crippen LogP contribution < -0.4 is 0 Å². The van der Waals surface area contributed by atoms with Crippen LogP contribution in [0.15, 0.2) is 24.0 Å². The van der Waals surface area contributed by atoms with Gasteiger partial charge in [0.1, 0.15) is 5.60 Å². The maximum Gasteiger partial charge on any atom is 0.410 e. The third-order valence-corrected chi connectivity index (χ3v) is 4.28. The zero-order valence-electron chi connectivity index (χ0n) is 13.6. The van der Waals surface area contributed by atoms with Gasteiger partial charge in [0, 0.05) is 25.5 Å². The van der Waals surface area contributed by atoms with Crippen LogP contribution in [0.3, 0.4) is 0 Å². The van der Waals surface area contributed by atoms with Crippen molar-refractivity contribution in [1.82, 2.24) is 9.88 Å². The third kappa shape index (κ3) is 3.32. The van der Waals surface area contributed by atoms with Crippen molar-refractivity contribution in [2.75, 3.05) is 13.1 Å². The van der Waals surface area contributed by atoms with Gasteiger partial charge in [0.15, 0.2) is 0 Å². The Kier molecular flexibility index (Phi) is 3.94.